The second kappa shape index (κ2) is 4.88. The van der Waals surface area contributed by atoms with Crippen molar-refractivity contribution in [3.8, 4) is 0 Å². The van der Waals surface area contributed by atoms with E-state index in [0.29, 0.717) is 23.7 Å². The van der Waals surface area contributed by atoms with E-state index in [2.05, 4.69) is 20.4 Å². The molecule has 2 unspecified atom stereocenters. The second-order valence-electron chi connectivity index (χ2n) is 6.45. The number of H-pyrrole nitrogens is 1. The number of amides is 1. The molecule has 0 aromatic carbocycles. The molecule has 2 aliphatic heterocycles. The number of nitrogens with zero attached hydrogens (tertiary/aromatic N) is 2. The maximum atomic E-state index is 12.3. The van der Waals surface area contributed by atoms with Crippen LogP contribution in [0, 0.1) is 0 Å². The van der Waals surface area contributed by atoms with Crippen LogP contribution >= 0.6 is 0 Å². The number of aromatic nitrogens is 2. The van der Waals surface area contributed by atoms with Crippen LogP contribution < -0.4 is 5.32 Å². The summed E-state index contributed by atoms with van der Waals surface area (Å²) in [5.41, 5.74) is 1.68. The van der Waals surface area contributed by atoms with E-state index >= 15 is 0 Å². The van der Waals surface area contributed by atoms with Gasteiger partial charge >= 0.3 is 0 Å². The maximum Gasteiger partial charge on any atom is 0.272 e. The first-order valence-electron chi connectivity index (χ1n) is 7.91. The third-order valence-corrected chi connectivity index (χ3v) is 5.02. The zero-order chi connectivity index (χ0) is 13.5. The first kappa shape index (κ1) is 12.4. The molecule has 108 valence electrons. The molecule has 5 nitrogen and oxygen atoms in total. The molecule has 3 heterocycles. The lowest BCUT2D eigenvalue weighted by Gasteiger charge is -2.32. The summed E-state index contributed by atoms with van der Waals surface area (Å²) in [6.07, 6.45) is 7.35. The highest BCUT2D eigenvalue weighted by molar-refractivity contribution is 5.92. The van der Waals surface area contributed by atoms with Crippen LogP contribution in [0.1, 0.15) is 60.6 Å². The zero-order valence-corrected chi connectivity index (χ0v) is 11.8. The predicted octanol–water partition coefficient (Wildman–Crippen LogP) is 1.64. The number of hydrogen-bond donors (Lipinski definition) is 2. The summed E-state index contributed by atoms with van der Waals surface area (Å²) in [7, 11) is 0. The third-order valence-electron chi connectivity index (χ3n) is 5.02. The lowest BCUT2D eigenvalue weighted by atomic mass is 9.99. The van der Waals surface area contributed by atoms with Crippen molar-refractivity contribution in [1.82, 2.24) is 20.4 Å². The van der Waals surface area contributed by atoms with E-state index in [0.717, 1.165) is 18.7 Å². The van der Waals surface area contributed by atoms with Gasteiger partial charge in [-0.2, -0.15) is 5.10 Å². The number of carbonyl (C=O) groups is 1. The van der Waals surface area contributed by atoms with E-state index in [9.17, 15) is 4.79 Å². The Kier molecular flexibility index (Phi) is 3.02. The average Bonchev–Trinajstić information content (AvgIpc) is 3.06. The minimum Gasteiger partial charge on any atom is -0.346 e. The van der Waals surface area contributed by atoms with Crippen LogP contribution in [-0.2, 0) is 0 Å². The number of rotatable bonds is 3. The van der Waals surface area contributed by atoms with Gasteiger partial charge in [-0.25, -0.2) is 0 Å². The number of carbonyl (C=O) groups excluding carboxylic acids is 1. The number of piperidine rings is 1. The lowest BCUT2D eigenvalue weighted by Crippen LogP contribution is -2.46. The summed E-state index contributed by atoms with van der Waals surface area (Å²) in [4.78, 5) is 14.9. The molecule has 1 saturated carbocycles. The average molecular weight is 274 g/mol. The number of nitrogens with one attached hydrogen (secondary N) is 2. The van der Waals surface area contributed by atoms with E-state index in [1.807, 2.05) is 6.07 Å². The second-order valence-corrected chi connectivity index (χ2v) is 6.45. The van der Waals surface area contributed by atoms with Crippen LogP contribution in [0.25, 0.3) is 0 Å². The molecular formula is C15H22N4O. The third kappa shape index (κ3) is 2.24. The first-order valence-corrected chi connectivity index (χ1v) is 7.91. The van der Waals surface area contributed by atoms with Crippen LogP contribution in [-0.4, -0.2) is 46.2 Å². The van der Waals surface area contributed by atoms with Gasteiger partial charge in [0.05, 0.1) is 0 Å². The van der Waals surface area contributed by atoms with Crippen LogP contribution in [0.3, 0.4) is 0 Å². The molecule has 0 bridgehead atoms. The summed E-state index contributed by atoms with van der Waals surface area (Å²) < 4.78 is 0. The molecule has 5 heteroatoms. The largest absolute Gasteiger partial charge is 0.346 e. The molecule has 1 amide bonds. The Hall–Kier alpha value is -1.36. The summed E-state index contributed by atoms with van der Waals surface area (Å²) >= 11 is 0. The predicted molar refractivity (Wildman–Crippen MR) is 75.6 cm³/mol. The highest BCUT2D eigenvalue weighted by Crippen LogP contribution is 2.39. The summed E-state index contributed by atoms with van der Waals surface area (Å²) in [6.45, 7) is 2.33. The molecule has 0 spiro atoms. The first-order chi connectivity index (χ1) is 9.81. The van der Waals surface area contributed by atoms with Gasteiger partial charge in [-0.1, -0.05) is 6.42 Å². The Morgan fingerprint density at radius 2 is 2.15 bits per heavy atom. The van der Waals surface area contributed by atoms with E-state index < -0.39 is 0 Å². The topological polar surface area (TPSA) is 61.0 Å². The van der Waals surface area contributed by atoms with Crippen molar-refractivity contribution in [3.63, 3.8) is 0 Å². The number of hydrogen-bond acceptors (Lipinski definition) is 3. The van der Waals surface area contributed by atoms with Crippen LogP contribution in [0.2, 0.25) is 0 Å². The SMILES string of the molecule is O=C(NC1CCN2CCCCC12)c1cc(C2CC2)[nH]n1. The smallest absolute Gasteiger partial charge is 0.272 e. The molecule has 3 aliphatic rings. The summed E-state index contributed by atoms with van der Waals surface area (Å²) in [5, 5.41) is 10.4. The van der Waals surface area contributed by atoms with Crippen molar-refractivity contribution in [2.45, 2.75) is 56.5 Å². The van der Waals surface area contributed by atoms with Crippen molar-refractivity contribution < 1.29 is 4.79 Å². The minimum atomic E-state index is -0.00873. The monoisotopic (exact) mass is 274 g/mol. The molecular weight excluding hydrogens is 252 g/mol. The Morgan fingerprint density at radius 1 is 1.25 bits per heavy atom. The highest BCUT2D eigenvalue weighted by Gasteiger charge is 2.36. The van der Waals surface area contributed by atoms with Gasteiger partial charge in [-0.3, -0.25) is 14.8 Å². The molecule has 0 radical (unpaired) electrons. The molecule has 20 heavy (non-hydrogen) atoms. The lowest BCUT2D eigenvalue weighted by molar-refractivity contribution is 0.0910. The Balaban J connectivity index is 1.41. The van der Waals surface area contributed by atoms with Gasteiger partial charge in [0, 0.05) is 30.2 Å². The quantitative estimate of drug-likeness (QED) is 0.881. The van der Waals surface area contributed by atoms with Gasteiger partial charge in [-0.05, 0) is 44.7 Å². The van der Waals surface area contributed by atoms with Crippen LogP contribution in [0.15, 0.2) is 6.07 Å². The van der Waals surface area contributed by atoms with E-state index in [-0.39, 0.29) is 5.91 Å². The van der Waals surface area contributed by atoms with E-state index in [1.165, 1.54) is 38.6 Å². The molecule has 2 saturated heterocycles. The fourth-order valence-corrected chi connectivity index (χ4v) is 3.71. The van der Waals surface area contributed by atoms with E-state index in [4.69, 9.17) is 0 Å². The van der Waals surface area contributed by atoms with Gasteiger partial charge < -0.3 is 5.32 Å². The van der Waals surface area contributed by atoms with Crippen molar-refractivity contribution >= 4 is 5.91 Å². The fraction of sp³-hybridized carbons (Fsp3) is 0.733. The molecule has 1 aromatic heterocycles. The molecule has 2 N–H and O–H groups in total. The normalized spacial score (nSPS) is 30.2. The number of fused-ring (bicyclic) bond motifs is 1. The summed E-state index contributed by atoms with van der Waals surface area (Å²) in [6, 6.07) is 2.79. The highest BCUT2D eigenvalue weighted by atomic mass is 16.2. The van der Waals surface area contributed by atoms with Gasteiger partial charge in [0.15, 0.2) is 0 Å². The Labute approximate surface area is 119 Å². The van der Waals surface area contributed by atoms with Crippen molar-refractivity contribution in [1.29, 1.82) is 0 Å². The van der Waals surface area contributed by atoms with Crippen molar-refractivity contribution in [2.24, 2.45) is 0 Å². The van der Waals surface area contributed by atoms with Gasteiger partial charge in [0.1, 0.15) is 5.69 Å². The molecule has 1 aromatic rings. The fourth-order valence-electron chi connectivity index (χ4n) is 3.71. The number of aromatic amines is 1. The van der Waals surface area contributed by atoms with E-state index in [1.54, 1.807) is 0 Å². The van der Waals surface area contributed by atoms with Gasteiger partial charge in [0.25, 0.3) is 5.91 Å². The van der Waals surface area contributed by atoms with Gasteiger partial charge in [-0.15, -0.1) is 0 Å². The molecule has 1 aliphatic carbocycles. The van der Waals surface area contributed by atoms with Crippen molar-refractivity contribution in [3.05, 3.63) is 17.5 Å². The maximum absolute atomic E-state index is 12.3. The minimum absolute atomic E-state index is 0.00873. The van der Waals surface area contributed by atoms with Gasteiger partial charge in [0.2, 0.25) is 0 Å². The zero-order valence-electron chi connectivity index (χ0n) is 11.8. The Bertz CT molecular complexity index is 508. The standard InChI is InChI=1S/C15H22N4O/c20-15(13-9-12(17-18-13)10-4-5-10)16-11-6-8-19-7-2-1-3-14(11)19/h9-11,14H,1-8H2,(H,16,20)(H,17,18). The van der Waals surface area contributed by atoms with Crippen LogP contribution in [0.4, 0.5) is 0 Å². The Morgan fingerprint density at radius 3 is 3.00 bits per heavy atom. The summed E-state index contributed by atoms with van der Waals surface area (Å²) in [5.74, 6) is 0.606. The molecule has 3 fully saturated rings. The molecule has 4 rings (SSSR count). The van der Waals surface area contributed by atoms with Crippen molar-refractivity contribution in [2.75, 3.05) is 13.1 Å². The van der Waals surface area contributed by atoms with Crippen LogP contribution in [0.5, 0.6) is 0 Å². The molecule has 2 atom stereocenters.